The maximum Gasteiger partial charge on any atom is 0.227 e. The van der Waals surface area contributed by atoms with Crippen LogP contribution in [0.2, 0.25) is 0 Å². The molecule has 2 aromatic carbocycles. The number of aryl methyl sites for hydroxylation is 1. The van der Waals surface area contributed by atoms with Crippen molar-refractivity contribution in [2.24, 2.45) is 0 Å². The Bertz CT molecular complexity index is 805. The highest BCUT2D eigenvalue weighted by atomic mass is 79.9. The molecule has 0 aliphatic carbocycles. The van der Waals surface area contributed by atoms with Crippen molar-refractivity contribution in [2.45, 2.75) is 25.7 Å². The molecule has 1 fully saturated rings. The number of carbonyl (C=O) groups is 2. The van der Waals surface area contributed by atoms with Gasteiger partial charge in [0, 0.05) is 30.8 Å². The molecule has 0 atom stereocenters. The quantitative estimate of drug-likeness (QED) is 0.768. The highest BCUT2D eigenvalue weighted by Crippen LogP contribution is 2.26. The van der Waals surface area contributed by atoms with E-state index in [1.807, 2.05) is 42.5 Å². The number of benzene rings is 2. The van der Waals surface area contributed by atoms with Crippen molar-refractivity contribution in [3.05, 3.63) is 52.5 Å². The summed E-state index contributed by atoms with van der Waals surface area (Å²) >= 11 is 3.45. The number of hydrogen-bond acceptors (Lipinski definition) is 3. The summed E-state index contributed by atoms with van der Waals surface area (Å²) in [5, 5.41) is 2.90. The van der Waals surface area contributed by atoms with E-state index in [2.05, 4.69) is 21.2 Å². The first-order valence-corrected chi connectivity index (χ1v) is 9.39. The molecular weight excluding hydrogens is 396 g/mol. The lowest BCUT2D eigenvalue weighted by molar-refractivity contribution is -0.117. The van der Waals surface area contributed by atoms with Gasteiger partial charge < -0.3 is 15.0 Å². The van der Waals surface area contributed by atoms with Crippen molar-refractivity contribution in [2.75, 3.05) is 23.9 Å². The molecule has 136 valence electrons. The highest BCUT2D eigenvalue weighted by Gasteiger charge is 2.21. The van der Waals surface area contributed by atoms with Crippen LogP contribution in [0.25, 0.3) is 0 Å². The molecule has 0 saturated carbocycles. The van der Waals surface area contributed by atoms with Crippen LogP contribution in [0.3, 0.4) is 0 Å². The number of halogens is 1. The number of carbonyl (C=O) groups excluding carboxylic acids is 2. The summed E-state index contributed by atoms with van der Waals surface area (Å²) in [7, 11) is 1.62. The van der Waals surface area contributed by atoms with E-state index in [0.29, 0.717) is 19.3 Å². The fourth-order valence-corrected chi connectivity index (χ4v) is 3.58. The van der Waals surface area contributed by atoms with Crippen LogP contribution in [0.15, 0.2) is 46.9 Å². The van der Waals surface area contributed by atoms with E-state index in [-0.39, 0.29) is 11.8 Å². The van der Waals surface area contributed by atoms with Crippen molar-refractivity contribution in [3.63, 3.8) is 0 Å². The zero-order valence-corrected chi connectivity index (χ0v) is 16.2. The van der Waals surface area contributed by atoms with Gasteiger partial charge in [-0.25, -0.2) is 0 Å². The van der Waals surface area contributed by atoms with Crippen molar-refractivity contribution in [1.29, 1.82) is 0 Å². The summed E-state index contributed by atoms with van der Waals surface area (Å²) in [5.41, 5.74) is 2.69. The molecule has 1 saturated heterocycles. The number of anilines is 2. The molecule has 0 aromatic heterocycles. The molecule has 1 heterocycles. The number of rotatable bonds is 6. The summed E-state index contributed by atoms with van der Waals surface area (Å²) in [5.74, 6) is 0.893. The summed E-state index contributed by atoms with van der Waals surface area (Å²) in [6, 6.07) is 13.2. The van der Waals surface area contributed by atoms with E-state index in [1.165, 1.54) is 0 Å². The van der Waals surface area contributed by atoms with Crippen molar-refractivity contribution in [1.82, 2.24) is 0 Å². The maximum atomic E-state index is 12.2. The first kappa shape index (κ1) is 18.5. The third-order valence-corrected chi connectivity index (χ3v) is 5.01. The van der Waals surface area contributed by atoms with Gasteiger partial charge in [0.05, 0.1) is 11.6 Å². The van der Waals surface area contributed by atoms with Crippen LogP contribution in [0, 0.1) is 0 Å². The standard InChI is InChI=1S/C20H21BrN2O3/c1-26-18-10-4-14(13-17(18)21)5-11-19(24)22-15-6-8-16(9-7-15)23-12-2-3-20(23)25/h4,6-10,13H,2-3,5,11-12H2,1H3,(H,22,24). The zero-order valence-electron chi connectivity index (χ0n) is 14.6. The Labute approximate surface area is 161 Å². The topological polar surface area (TPSA) is 58.6 Å². The summed E-state index contributed by atoms with van der Waals surface area (Å²) in [6.45, 7) is 0.766. The van der Waals surface area contributed by atoms with E-state index in [0.717, 1.165) is 40.1 Å². The molecule has 2 amide bonds. The van der Waals surface area contributed by atoms with E-state index < -0.39 is 0 Å². The molecule has 1 aliphatic rings. The summed E-state index contributed by atoms with van der Waals surface area (Å²) in [6.07, 6.45) is 2.55. The van der Waals surface area contributed by atoms with Crippen LogP contribution in [-0.2, 0) is 16.0 Å². The van der Waals surface area contributed by atoms with Crippen LogP contribution in [0.1, 0.15) is 24.8 Å². The van der Waals surface area contributed by atoms with Crippen LogP contribution >= 0.6 is 15.9 Å². The van der Waals surface area contributed by atoms with Crippen LogP contribution < -0.4 is 15.0 Å². The van der Waals surface area contributed by atoms with Gasteiger partial charge in [-0.2, -0.15) is 0 Å². The molecule has 0 radical (unpaired) electrons. The highest BCUT2D eigenvalue weighted by molar-refractivity contribution is 9.10. The third-order valence-electron chi connectivity index (χ3n) is 4.39. The van der Waals surface area contributed by atoms with Gasteiger partial charge in [-0.3, -0.25) is 9.59 Å². The van der Waals surface area contributed by atoms with E-state index in [4.69, 9.17) is 4.74 Å². The molecule has 2 aromatic rings. The fraction of sp³-hybridized carbons (Fsp3) is 0.300. The normalized spacial score (nSPS) is 13.8. The van der Waals surface area contributed by atoms with Crippen molar-refractivity contribution < 1.29 is 14.3 Å². The Balaban J connectivity index is 1.53. The molecular formula is C20H21BrN2O3. The lowest BCUT2D eigenvalue weighted by Crippen LogP contribution is -2.23. The van der Waals surface area contributed by atoms with Gasteiger partial charge in [-0.1, -0.05) is 6.07 Å². The minimum atomic E-state index is -0.0399. The Morgan fingerprint density at radius 3 is 2.62 bits per heavy atom. The predicted molar refractivity (Wildman–Crippen MR) is 106 cm³/mol. The van der Waals surface area contributed by atoms with Gasteiger partial charge in [0.25, 0.3) is 0 Å². The molecule has 5 nitrogen and oxygen atoms in total. The molecule has 26 heavy (non-hydrogen) atoms. The second kappa shape index (κ2) is 8.36. The lowest BCUT2D eigenvalue weighted by atomic mass is 10.1. The van der Waals surface area contributed by atoms with Gasteiger partial charge in [0.2, 0.25) is 11.8 Å². The average molecular weight is 417 g/mol. The molecule has 1 N–H and O–H groups in total. The third kappa shape index (κ3) is 4.43. The van der Waals surface area contributed by atoms with Gasteiger partial charge in [-0.15, -0.1) is 0 Å². The van der Waals surface area contributed by atoms with Crippen LogP contribution in [-0.4, -0.2) is 25.5 Å². The van der Waals surface area contributed by atoms with Crippen molar-refractivity contribution >= 4 is 39.1 Å². The van der Waals surface area contributed by atoms with Gasteiger partial charge in [0.15, 0.2) is 0 Å². The Hall–Kier alpha value is -2.34. The van der Waals surface area contributed by atoms with Crippen LogP contribution in [0.4, 0.5) is 11.4 Å². The van der Waals surface area contributed by atoms with E-state index in [9.17, 15) is 9.59 Å². The first-order valence-electron chi connectivity index (χ1n) is 8.59. The number of amides is 2. The van der Waals surface area contributed by atoms with Gasteiger partial charge in [-0.05, 0) is 70.7 Å². The van der Waals surface area contributed by atoms with Gasteiger partial charge >= 0.3 is 0 Å². The minimum absolute atomic E-state index is 0.0399. The first-order chi connectivity index (χ1) is 12.6. The number of nitrogens with zero attached hydrogens (tertiary/aromatic N) is 1. The average Bonchev–Trinajstić information content (AvgIpc) is 3.07. The molecule has 0 unspecified atom stereocenters. The van der Waals surface area contributed by atoms with E-state index >= 15 is 0 Å². The second-order valence-electron chi connectivity index (χ2n) is 6.21. The Morgan fingerprint density at radius 1 is 1.23 bits per heavy atom. The smallest absolute Gasteiger partial charge is 0.227 e. The minimum Gasteiger partial charge on any atom is -0.496 e. The number of ether oxygens (including phenoxy) is 1. The largest absolute Gasteiger partial charge is 0.496 e. The molecule has 3 rings (SSSR count). The molecule has 0 bridgehead atoms. The summed E-state index contributed by atoms with van der Waals surface area (Å²) < 4.78 is 6.09. The van der Waals surface area contributed by atoms with Gasteiger partial charge in [0.1, 0.15) is 5.75 Å². The predicted octanol–water partition coefficient (Wildman–Crippen LogP) is 4.16. The van der Waals surface area contributed by atoms with Crippen LogP contribution in [0.5, 0.6) is 5.75 Å². The molecule has 6 heteroatoms. The number of nitrogens with one attached hydrogen (secondary N) is 1. The monoisotopic (exact) mass is 416 g/mol. The number of hydrogen-bond donors (Lipinski definition) is 1. The molecule has 1 aliphatic heterocycles. The zero-order chi connectivity index (χ0) is 18.5. The Morgan fingerprint density at radius 2 is 2.00 bits per heavy atom. The maximum absolute atomic E-state index is 12.2. The van der Waals surface area contributed by atoms with E-state index in [1.54, 1.807) is 12.0 Å². The fourth-order valence-electron chi connectivity index (χ4n) is 2.99. The lowest BCUT2D eigenvalue weighted by Gasteiger charge is -2.16. The SMILES string of the molecule is COc1ccc(CCC(=O)Nc2ccc(N3CCCC3=O)cc2)cc1Br. The molecule has 0 spiro atoms. The second-order valence-corrected chi connectivity index (χ2v) is 7.07. The Kier molecular flexibility index (Phi) is 5.93. The van der Waals surface area contributed by atoms with Crippen molar-refractivity contribution in [3.8, 4) is 5.75 Å². The summed E-state index contributed by atoms with van der Waals surface area (Å²) in [4.78, 5) is 25.7. The number of methoxy groups -OCH3 is 1.